The summed E-state index contributed by atoms with van der Waals surface area (Å²) in [7, 11) is 0. The van der Waals surface area contributed by atoms with Crippen molar-refractivity contribution in [2.24, 2.45) is 5.92 Å². The Morgan fingerprint density at radius 2 is 1.76 bits per heavy atom. The molecule has 2 heterocycles. The van der Waals surface area contributed by atoms with Crippen LogP contribution in [0.4, 0.5) is 0 Å². The van der Waals surface area contributed by atoms with Crippen molar-refractivity contribution in [1.82, 2.24) is 14.8 Å². The summed E-state index contributed by atoms with van der Waals surface area (Å²) in [4.78, 5) is 4.63. The number of pyridine rings is 1. The molecule has 1 aliphatic carbocycles. The number of halogens is 1. The fourth-order valence-corrected chi connectivity index (χ4v) is 4.47. The quantitative estimate of drug-likeness (QED) is 0.376. The summed E-state index contributed by atoms with van der Waals surface area (Å²) in [5, 5.41) is 7.60. The molecule has 1 fully saturated rings. The van der Waals surface area contributed by atoms with Crippen molar-refractivity contribution < 1.29 is 4.74 Å². The van der Waals surface area contributed by atoms with Crippen LogP contribution in [0.5, 0.6) is 5.88 Å². The molecule has 0 N–H and O–H groups in total. The lowest BCUT2D eigenvalue weighted by molar-refractivity contribution is 0.237. The number of nitrogens with zero attached hydrogens (tertiary/aromatic N) is 3. The molecule has 0 saturated heterocycles. The molecule has 5 heteroatoms. The molecule has 1 aliphatic rings. The molecule has 5 rings (SSSR count). The van der Waals surface area contributed by atoms with Crippen LogP contribution in [-0.2, 0) is 0 Å². The Hall–Kier alpha value is -2.59. The zero-order valence-corrected chi connectivity index (χ0v) is 17.1. The van der Waals surface area contributed by atoms with E-state index in [0.29, 0.717) is 11.6 Å². The first-order valence-corrected chi connectivity index (χ1v) is 10.8. The minimum absolute atomic E-state index is 0.700. The van der Waals surface area contributed by atoms with Gasteiger partial charge < -0.3 is 4.74 Å². The lowest BCUT2D eigenvalue weighted by atomic mass is 9.87. The number of hydrogen-bond donors (Lipinski definition) is 0. The SMILES string of the molecule is Clc1ccc(-n2nc3c(cnc4ccccc43)c2OCCC2CCCCC2)cc1. The average molecular weight is 406 g/mol. The van der Waals surface area contributed by atoms with Crippen molar-refractivity contribution >= 4 is 33.4 Å². The molecule has 29 heavy (non-hydrogen) atoms. The fraction of sp³-hybridized carbons (Fsp3) is 0.333. The van der Waals surface area contributed by atoms with Gasteiger partial charge >= 0.3 is 0 Å². The highest BCUT2D eigenvalue weighted by Crippen LogP contribution is 2.33. The number of ether oxygens (including phenoxy) is 1. The Morgan fingerprint density at radius 1 is 0.966 bits per heavy atom. The Labute approximate surface area is 175 Å². The van der Waals surface area contributed by atoms with Gasteiger partial charge in [-0.15, -0.1) is 0 Å². The van der Waals surface area contributed by atoms with Crippen LogP contribution in [0.3, 0.4) is 0 Å². The van der Waals surface area contributed by atoms with Crippen LogP contribution < -0.4 is 4.74 Å². The maximum absolute atomic E-state index is 6.35. The van der Waals surface area contributed by atoms with Crippen LogP contribution in [0.1, 0.15) is 38.5 Å². The standard InChI is InChI=1S/C24H24ClN3O/c25-18-10-12-19(13-11-18)28-24(29-15-14-17-6-2-1-3-7-17)21-16-26-22-9-5-4-8-20(22)23(21)27-28/h4-5,8-13,16-17H,1-3,6-7,14-15H2. The van der Waals surface area contributed by atoms with Crippen molar-refractivity contribution in [2.75, 3.05) is 6.61 Å². The predicted octanol–water partition coefficient (Wildman–Crippen LogP) is 6.58. The van der Waals surface area contributed by atoms with E-state index < -0.39 is 0 Å². The smallest absolute Gasteiger partial charge is 0.226 e. The number of rotatable bonds is 5. The molecule has 4 aromatic rings. The van der Waals surface area contributed by atoms with Gasteiger partial charge in [0.25, 0.3) is 0 Å². The second-order valence-corrected chi connectivity index (χ2v) is 8.31. The number of aromatic nitrogens is 3. The minimum atomic E-state index is 0.700. The van der Waals surface area contributed by atoms with E-state index in [2.05, 4.69) is 11.1 Å². The van der Waals surface area contributed by atoms with Crippen LogP contribution in [0.25, 0.3) is 27.5 Å². The van der Waals surface area contributed by atoms with Crippen LogP contribution >= 0.6 is 11.6 Å². The zero-order chi connectivity index (χ0) is 19.6. The van der Waals surface area contributed by atoms with Crippen molar-refractivity contribution in [3.63, 3.8) is 0 Å². The van der Waals surface area contributed by atoms with Crippen LogP contribution in [0.2, 0.25) is 5.02 Å². The van der Waals surface area contributed by atoms with Gasteiger partial charge in [0.2, 0.25) is 5.88 Å². The molecule has 0 bridgehead atoms. The highest BCUT2D eigenvalue weighted by atomic mass is 35.5. The van der Waals surface area contributed by atoms with Gasteiger partial charge in [-0.3, -0.25) is 4.98 Å². The summed E-state index contributed by atoms with van der Waals surface area (Å²) in [5.41, 5.74) is 2.79. The number of hydrogen-bond acceptors (Lipinski definition) is 3. The van der Waals surface area contributed by atoms with Gasteiger partial charge in [0.1, 0.15) is 5.52 Å². The van der Waals surface area contributed by atoms with Gasteiger partial charge in [-0.05, 0) is 42.7 Å². The molecule has 0 aliphatic heterocycles. The number of benzene rings is 2. The van der Waals surface area contributed by atoms with E-state index in [0.717, 1.165) is 45.7 Å². The van der Waals surface area contributed by atoms with Crippen LogP contribution in [0, 0.1) is 5.92 Å². The van der Waals surface area contributed by atoms with E-state index in [1.54, 1.807) is 0 Å². The van der Waals surface area contributed by atoms with Gasteiger partial charge in [-0.25, -0.2) is 0 Å². The Morgan fingerprint density at radius 3 is 2.59 bits per heavy atom. The van der Waals surface area contributed by atoms with E-state index in [-0.39, 0.29) is 0 Å². The monoisotopic (exact) mass is 405 g/mol. The summed E-state index contributed by atoms with van der Waals surface area (Å²) >= 11 is 6.09. The maximum atomic E-state index is 6.35. The third-order valence-electron chi connectivity index (χ3n) is 5.93. The van der Waals surface area contributed by atoms with Crippen LogP contribution in [-0.4, -0.2) is 21.4 Å². The second kappa shape index (κ2) is 8.03. The topological polar surface area (TPSA) is 39.9 Å². The van der Waals surface area contributed by atoms with Gasteiger partial charge in [0, 0.05) is 16.6 Å². The highest BCUT2D eigenvalue weighted by molar-refractivity contribution is 6.30. The average Bonchev–Trinajstić information content (AvgIpc) is 3.14. The lowest BCUT2D eigenvalue weighted by Gasteiger charge is -2.21. The molecular formula is C24H24ClN3O. The Balaban J connectivity index is 1.54. The highest BCUT2D eigenvalue weighted by Gasteiger charge is 2.19. The first-order valence-electron chi connectivity index (χ1n) is 10.4. The molecule has 2 aromatic carbocycles. The first-order chi connectivity index (χ1) is 14.3. The zero-order valence-electron chi connectivity index (χ0n) is 16.4. The number of fused-ring (bicyclic) bond motifs is 3. The van der Waals surface area contributed by atoms with E-state index in [4.69, 9.17) is 21.4 Å². The molecular weight excluding hydrogens is 382 g/mol. The van der Waals surface area contributed by atoms with Crippen molar-refractivity contribution in [3.05, 3.63) is 59.8 Å². The fourth-order valence-electron chi connectivity index (χ4n) is 4.34. The Kier molecular flexibility index (Phi) is 5.11. The van der Waals surface area contributed by atoms with Crippen molar-refractivity contribution in [1.29, 1.82) is 0 Å². The van der Waals surface area contributed by atoms with E-state index in [9.17, 15) is 0 Å². The van der Waals surface area contributed by atoms with Crippen LogP contribution in [0.15, 0.2) is 54.7 Å². The van der Waals surface area contributed by atoms with Crippen molar-refractivity contribution in [2.45, 2.75) is 38.5 Å². The van der Waals surface area contributed by atoms with E-state index in [1.807, 2.05) is 53.3 Å². The summed E-state index contributed by atoms with van der Waals surface area (Å²) in [5.74, 6) is 1.54. The summed E-state index contributed by atoms with van der Waals surface area (Å²) in [6, 6.07) is 15.8. The summed E-state index contributed by atoms with van der Waals surface area (Å²) in [6.07, 6.45) is 9.71. The molecule has 0 amide bonds. The molecule has 0 atom stereocenters. The maximum Gasteiger partial charge on any atom is 0.226 e. The molecule has 1 saturated carbocycles. The summed E-state index contributed by atoms with van der Waals surface area (Å²) < 4.78 is 8.24. The van der Waals surface area contributed by atoms with Gasteiger partial charge in [-0.1, -0.05) is 61.9 Å². The summed E-state index contributed by atoms with van der Waals surface area (Å²) in [6.45, 7) is 0.700. The molecule has 4 nitrogen and oxygen atoms in total. The van der Waals surface area contributed by atoms with Gasteiger partial charge in [0.05, 0.1) is 23.2 Å². The molecule has 0 unspecified atom stereocenters. The minimum Gasteiger partial charge on any atom is -0.477 e. The van der Waals surface area contributed by atoms with E-state index in [1.165, 1.54) is 32.1 Å². The first kappa shape index (κ1) is 18.4. The Bertz CT molecular complexity index is 1130. The lowest BCUT2D eigenvalue weighted by Crippen LogP contribution is -2.12. The second-order valence-electron chi connectivity index (χ2n) is 7.87. The van der Waals surface area contributed by atoms with Crippen molar-refractivity contribution in [3.8, 4) is 11.6 Å². The normalized spacial score (nSPS) is 15.2. The third-order valence-corrected chi connectivity index (χ3v) is 6.18. The van der Waals surface area contributed by atoms with E-state index >= 15 is 0 Å². The number of para-hydroxylation sites is 1. The molecule has 0 radical (unpaired) electrons. The molecule has 148 valence electrons. The molecule has 2 aromatic heterocycles. The third kappa shape index (κ3) is 3.69. The van der Waals surface area contributed by atoms with Gasteiger partial charge in [-0.2, -0.15) is 9.78 Å². The largest absolute Gasteiger partial charge is 0.477 e. The predicted molar refractivity (Wildman–Crippen MR) is 118 cm³/mol. The molecule has 0 spiro atoms. The van der Waals surface area contributed by atoms with Gasteiger partial charge in [0.15, 0.2) is 0 Å².